The number of benzene rings is 2. The number of hydrogen-bond acceptors (Lipinski definition) is 8. The zero-order valence-electron chi connectivity index (χ0n) is 17.5. The van der Waals surface area contributed by atoms with E-state index in [0.29, 0.717) is 45.9 Å². The summed E-state index contributed by atoms with van der Waals surface area (Å²) in [4.78, 5) is 14.2. The van der Waals surface area contributed by atoms with Gasteiger partial charge in [-0.25, -0.2) is 0 Å². The van der Waals surface area contributed by atoms with Crippen molar-refractivity contribution in [3.05, 3.63) is 47.9 Å². The molecule has 3 aromatic rings. The third-order valence-electron chi connectivity index (χ3n) is 4.45. The summed E-state index contributed by atoms with van der Waals surface area (Å²) in [6.45, 7) is 0.146. The molecule has 0 spiro atoms. The first-order valence-electron chi connectivity index (χ1n) is 9.03. The zero-order chi connectivity index (χ0) is 21.7. The van der Waals surface area contributed by atoms with Gasteiger partial charge in [-0.15, -0.1) is 10.2 Å². The quantitative estimate of drug-likeness (QED) is 0.556. The summed E-state index contributed by atoms with van der Waals surface area (Å²) in [7, 11) is 7.82. The molecule has 0 bridgehead atoms. The van der Waals surface area contributed by atoms with E-state index in [0.717, 1.165) is 0 Å². The lowest BCUT2D eigenvalue weighted by atomic mass is 10.1. The molecule has 0 atom stereocenters. The number of hydrogen-bond donors (Lipinski definition) is 0. The van der Waals surface area contributed by atoms with Gasteiger partial charge in [-0.1, -0.05) is 0 Å². The molecule has 3 rings (SSSR count). The monoisotopic (exact) mass is 413 g/mol. The number of carbonyl (C=O) groups excluding carboxylic acids is 1. The van der Waals surface area contributed by atoms with Crippen LogP contribution in [0.3, 0.4) is 0 Å². The summed E-state index contributed by atoms with van der Waals surface area (Å²) in [5, 5.41) is 8.11. The van der Waals surface area contributed by atoms with Crippen molar-refractivity contribution in [2.45, 2.75) is 6.54 Å². The van der Waals surface area contributed by atoms with Gasteiger partial charge in [0.15, 0.2) is 23.0 Å². The van der Waals surface area contributed by atoms with E-state index in [4.69, 9.17) is 23.4 Å². The van der Waals surface area contributed by atoms with Gasteiger partial charge < -0.3 is 28.3 Å². The summed E-state index contributed by atoms with van der Waals surface area (Å²) < 4.78 is 26.7. The lowest BCUT2D eigenvalue weighted by Gasteiger charge is -2.16. The molecule has 0 saturated carbocycles. The fraction of sp³-hybridized carbons (Fsp3) is 0.286. The highest BCUT2D eigenvalue weighted by atomic mass is 16.5. The smallest absolute Gasteiger partial charge is 0.254 e. The average molecular weight is 413 g/mol. The second kappa shape index (κ2) is 9.17. The van der Waals surface area contributed by atoms with Crippen LogP contribution in [0.15, 0.2) is 40.8 Å². The predicted octanol–water partition coefficient (Wildman–Crippen LogP) is 3.04. The summed E-state index contributed by atoms with van der Waals surface area (Å²) in [6, 6.07) is 10.3. The SMILES string of the molecule is COc1ccc(C(=O)N(C)Cc2nnc(-c3ccc(OC)c(OC)c3)o2)cc1OC. The number of rotatable bonds is 8. The minimum atomic E-state index is -0.221. The van der Waals surface area contributed by atoms with Crippen LogP contribution < -0.4 is 18.9 Å². The first kappa shape index (κ1) is 21.0. The number of carbonyl (C=O) groups is 1. The van der Waals surface area contributed by atoms with Crippen LogP contribution in [0.5, 0.6) is 23.0 Å². The molecule has 0 radical (unpaired) electrons. The Kier molecular flexibility index (Phi) is 6.41. The Morgan fingerprint density at radius 1 is 0.867 bits per heavy atom. The highest BCUT2D eigenvalue weighted by Gasteiger charge is 2.18. The number of aromatic nitrogens is 2. The van der Waals surface area contributed by atoms with Crippen molar-refractivity contribution >= 4 is 5.91 Å². The molecule has 0 unspecified atom stereocenters. The lowest BCUT2D eigenvalue weighted by molar-refractivity contribution is 0.0772. The van der Waals surface area contributed by atoms with Gasteiger partial charge in [0.1, 0.15) is 0 Å². The maximum Gasteiger partial charge on any atom is 0.254 e. The molecule has 9 heteroatoms. The minimum absolute atomic E-state index is 0.146. The Hall–Kier alpha value is -3.75. The minimum Gasteiger partial charge on any atom is -0.493 e. The van der Waals surface area contributed by atoms with Crippen molar-refractivity contribution in [1.29, 1.82) is 0 Å². The van der Waals surface area contributed by atoms with E-state index >= 15 is 0 Å². The zero-order valence-corrected chi connectivity index (χ0v) is 17.5. The number of ether oxygens (including phenoxy) is 4. The molecule has 0 aliphatic rings. The molecule has 0 saturated heterocycles. The Morgan fingerprint density at radius 2 is 1.47 bits per heavy atom. The van der Waals surface area contributed by atoms with Crippen molar-refractivity contribution in [1.82, 2.24) is 15.1 Å². The van der Waals surface area contributed by atoms with Crippen LogP contribution >= 0.6 is 0 Å². The summed E-state index contributed by atoms with van der Waals surface area (Å²) in [5.41, 5.74) is 1.13. The van der Waals surface area contributed by atoms with Gasteiger partial charge in [0, 0.05) is 18.2 Å². The number of methoxy groups -OCH3 is 4. The summed E-state index contributed by atoms with van der Waals surface area (Å²) in [5.74, 6) is 2.58. The first-order valence-corrected chi connectivity index (χ1v) is 9.03. The van der Waals surface area contributed by atoms with Gasteiger partial charge >= 0.3 is 0 Å². The molecule has 0 N–H and O–H groups in total. The van der Waals surface area contributed by atoms with E-state index < -0.39 is 0 Å². The maximum absolute atomic E-state index is 12.8. The molecular weight excluding hydrogens is 390 g/mol. The Morgan fingerprint density at radius 3 is 2.10 bits per heavy atom. The van der Waals surface area contributed by atoms with Crippen molar-refractivity contribution in [3.8, 4) is 34.5 Å². The van der Waals surface area contributed by atoms with Crippen LogP contribution in [0.25, 0.3) is 11.5 Å². The van der Waals surface area contributed by atoms with E-state index in [9.17, 15) is 4.79 Å². The molecule has 1 amide bonds. The maximum atomic E-state index is 12.8. The van der Waals surface area contributed by atoms with Crippen LogP contribution in [0, 0.1) is 0 Å². The molecule has 0 aliphatic heterocycles. The largest absolute Gasteiger partial charge is 0.493 e. The average Bonchev–Trinajstić information content (AvgIpc) is 3.25. The second-order valence-electron chi connectivity index (χ2n) is 6.30. The standard InChI is InChI=1S/C21H23N3O6/c1-24(21(25)14-7-9-16(27-3)18(11-14)29-5)12-19-22-23-20(30-19)13-6-8-15(26-2)17(10-13)28-4/h6-11H,12H2,1-5H3. The Labute approximate surface area is 174 Å². The van der Waals surface area contributed by atoms with Gasteiger partial charge in [-0.05, 0) is 36.4 Å². The molecule has 1 aromatic heterocycles. The van der Waals surface area contributed by atoms with Crippen LogP contribution in [-0.4, -0.2) is 56.5 Å². The van der Waals surface area contributed by atoms with Gasteiger partial charge in [0.25, 0.3) is 5.91 Å². The third-order valence-corrected chi connectivity index (χ3v) is 4.45. The predicted molar refractivity (Wildman–Crippen MR) is 108 cm³/mol. The van der Waals surface area contributed by atoms with Crippen LogP contribution in [0.2, 0.25) is 0 Å². The molecule has 0 fully saturated rings. The van der Waals surface area contributed by atoms with Crippen molar-refractivity contribution < 1.29 is 28.2 Å². The summed E-state index contributed by atoms with van der Waals surface area (Å²) >= 11 is 0. The van der Waals surface area contributed by atoms with Crippen LogP contribution in [0.1, 0.15) is 16.2 Å². The topological polar surface area (TPSA) is 96.2 Å². The molecule has 0 aliphatic carbocycles. The second-order valence-corrected chi connectivity index (χ2v) is 6.30. The third kappa shape index (κ3) is 4.29. The van der Waals surface area contributed by atoms with Gasteiger partial charge in [0.2, 0.25) is 11.8 Å². The van der Waals surface area contributed by atoms with Crippen molar-refractivity contribution in [2.75, 3.05) is 35.5 Å². The molecule has 9 nitrogen and oxygen atoms in total. The van der Waals surface area contributed by atoms with Gasteiger partial charge in [-0.3, -0.25) is 4.79 Å². The lowest BCUT2D eigenvalue weighted by Crippen LogP contribution is -2.26. The Balaban J connectivity index is 1.75. The fourth-order valence-electron chi connectivity index (χ4n) is 2.87. The van der Waals surface area contributed by atoms with Crippen molar-refractivity contribution in [3.63, 3.8) is 0 Å². The van der Waals surface area contributed by atoms with E-state index in [2.05, 4.69) is 10.2 Å². The molecular formula is C21H23N3O6. The van der Waals surface area contributed by atoms with Crippen LogP contribution in [-0.2, 0) is 6.54 Å². The molecule has 30 heavy (non-hydrogen) atoms. The van der Waals surface area contributed by atoms with E-state index in [1.54, 1.807) is 57.7 Å². The summed E-state index contributed by atoms with van der Waals surface area (Å²) in [6.07, 6.45) is 0. The molecule has 2 aromatic carbocycles. The van der Waals surface area contributed by atoms with Gasteiger partial charge in [-0.2, -0.15) is 0 Å². The highest BCUT2D eigenvalue weighted by molar-refractivity contribution is 5.94. The van der Waals surface area contributed by atoms with E-state index in [1.165, 1.54) is 19.1 Å². The van der Waals surface area contributed by atoms with Crippen molar-refractivity contribution in [2.24, 2.45) is 0 Å². The molecule has 158 valence electrons. The van der Waals surface area contributed by atoms with E-state index in [1.807, 2.05) is 0 Å². The fourth-order valence-corrected chi connectivity index (χ4v) is 2.87. The highest BCUT2D eigenvalue weighted by Crippen LogP contribution is 2.32. The Bertz CT molecular complexity index is 1030. The first-order chi connectivity index (χ1) is 14.5. The number of amides is 1. The normalized spacial score (nSPS) is 10.4. The van der Waals surface area contributed by atoms with E-state index in [-0.39, 0.29) is 12.5 Å². The molecule has 1 heterocycles. The van der Waals surface area contributed by atoms with Gasteiger partial charge in [0.05, 0.1) is 35.0 Å². The number of nitrogens with zero attached hydrogens (tertiary/aromatic N) is 3. The van der Waals surface area contributed by atoms with Crippen LogP contribution in [0.4, 0.5) is 0 Å².